The summed E-state index contributed by atoms with van der Waals surface area (Å²) in [5, 5.41) is 34.6. The zero-order valence-electron chi connectivity index (χ0n) is 11.8. The second kappa shape index (κ2) is 7.71. The summed E-state index contributed by atoms with van der Waals surface area (Å²) in [6.07, 6.45) is 0.918. The summed E-state index contributed by atoms with van der Waals surface area (Å²) in [5.74, 6) is -0.323. The Morgan fingerprint density at radius 1 is 1.32 bits per heavy atom. The van der Waals surface area contributed by atoms with Crippen molar-refractivity contribution in [1.82, 2.24) is 10.6 Å². The lowest BCUT2D eigenvalue weighted by Gasteiger charge is -2.15. The maximum Gasteiger partial charge on any atom is 0.244 e. The van der Waals surface area contributed by atoms with Crippen LogP contribution in [0.5, 0.6) is 0 Å². The minimum atomic E-state index is -1.05. The van der Waals surface area contributed by atoms with Crippen molar-refractivity contribution in [2.24, 2.45) is 0 Å². The zero-order valence-corrected chi connectivity index (χ0v) is 12.6. The van der Waals surface area contributed by atoms with Gasteiger partial charge in [0.25, 0.3) is 0 Å². The van der Waals surface area contributed by atoms with Gasteiger partial charge in [-0.15, -0.1) is 0 Å². The van der Waals surface area contributed by atoms with E-state index in [0.717, 1.165) is 5.56 Å². The summed E-state index contributed by atoms with van der Waals surface area (Å²) < 4.78 is 0. The molecule has 120 valence electrons. The second-order valence-corrected chi connectivity index (χ2v) is 5.61. The number of rotatable bonds is 5. The average Bonchev–Trinajstić information content (AvgIpc) is 2.78. The highest BCUT2D eigenvalue weighted by atomic mass is 35.5. The third-order valence-corrected chi connectivity index (χ3v) is 3.81. The molecule has 5 N–H and O–H groups in total. The van der Waals surface area contributed by atoms with Crippen LogP contribution in [0.15, 0.2) is 30.3 Å². The fourth-order valence-electron chi connectivity index (χ4n) is 2.34. The van der Waals surface area contributed by atoms with Gasteiger partial charge in [0, 0.05) is 17.6 Å². The Labute approximate surface area is 133 Å². The van der Waals surface area contributed by atoms with Crippen molar-refractivity contribution in [3.8, 4) is 0 Å². The lowest BCUT2D eigenvalue weighted by molar-refractivity contribution is -0.116. The molecular formula is C15H19ClN2O4. The number of nitrogens with one attached hydrogen (secondary N) is 2. The largest absolute Gasteiger partial charge is 0.395 e. The summed E-state index contributed by atoms with van der Waals surface area (Å²) in [5.41, 5.74) is 0.803. The summed E-state index contributed by atoms with van der Waals surface area (Å²) >= 11 is 5.85. The molecule has 2 rings (SSSR count). The van der Waals surface area contributed by atoms with E-state index in [9.17, 15) is 15.0 Å². The van der Waals surface area contributed by atoms with E-state index >= 15 is 0 Å². The SMILES string of the molecule is O=C(/C=C/c1cccc(Cl)c1)NC[C@H]1N[C@H](CO)[C@@H](O)[C@@H]1O. The number of amides is 1. The quantitative estimate of drug-likeness (QED) is 0.471. The van der Waals surface area contributed by atoms with E-state index in [0.29, 0.717) is 5.02 Å². The predicted molar refractivity (Wildman–Crippen MR) is 83.3 cm³/mol. The second-order valence-electron chi connectivity index (χ2n) is 5.18. The van der Waals surface area contributed by atoms with Gasteiger partial charge in [-0.05, 0) is 23.8 Å². The fourth-order valence-corrected chi connectivity index (χ4v) is 2.54. The van der Waals surface area contributed by atoms with Crippen molar-refractivity contribution in [2.75, 3.05) is 13.2 Å². The maximum atomic E-state index is 11.7. The van der Waals surface area contributed by atoms with E-state index in [2.05, 4.69) is 10.6 Å². The van der Waals surface area contributed by atoms with Crippen LogP contribution in [0.25, 0.3) is 6.08 Å². The third kappa shape index (κ3) is 4.28. The number of carbonyl (C=O) groups excluding carboxylic acids is 1. The molecule has 6 nitrogen and oxygen atoms in total. The van der Waals surface area contributed by atoms with E-state index in [1.165, 1.54) is 6.08 Å². The standard InChI is InChI=1S/C15H19ClN2O4/c16-10-3-1-2-9(6-10)4-5-13(20)17-7-11-14(21)15(22)12(8-19)18-11/h1-6,11-12,14-15,18-19,21-22H,7-8H2,(H,17,20)/b5-4+/t11-,12-,14-,15-/m1/s1. The van der Waals surface area contributed by atoms with Crippen molar-refractivity contribution in [1.29, 1.82) is 0 Å². The number of aliphatic hydroxyl groups is 3. The molecule has 1 aromatic rings. The Balaban J connectivity index is 1.83. The van der Waals surface area contributed by atoms with Gasteiger partial charge in [0.2, 0.25) is 5.91 Å². The topological polar surface area (TPSA) is 102 Å². The van der Waals surface area contributed by atoms with Gasteiger partial charge in [-0.1, -0.05) is 23.7 Å². The molecule has 22 heavy (non-hydrogen) atoms. The summed E-state index contributed by atoms with van der Waals surface area (Å²) in [4.78, 5) is 11.7. The number of benzene rings is 1. The summed E-state index contributed by atoms with van der Waals surface area (Å²) in [7, 11) is 0. The van der Waals surface area contributed by atoms with Crippen LogP contribution in [0.2, 0.25) is 5.02 Å². The molecule has 1 fully saturated rings. The third-order valence-electron chi connectivity index (χ3n) is 3.57. The monoisotopic (exact) mass is 326 g/mol. The van der Waals surface area contributed by atoms with E-state index in [4.69, 9.17) is 16.7 Å². The summed E-state index contributed by atoms with van der Waals surface area (Å²) in [6.45, 7) is -0.134. The molecule has 0 bridgehead atoms. The highest BCUT2D eigenvalue weighted by molar-refractivity contribution is 6.30. The van der Waals surface area contributed by atoms with E-state index in [1.54, 1.807) is 24.3 Å². The van der Waals surface area contributed by atoms with E-state index < -0.39 is 24.3 Å². The summed E-state index contributed by atoms with van der Waals surface area (Å²) in [6, 6.07) is 6.00. The minimum absolute atomic E-state index is 0.146. The fraction of sp³-hybridized carbons (Fsp3) is 0.400. The van der Waals surface area contributed by atoms with Crippen LogP contribution in [0.4, 0.5) is 0 Å². The van der Waals surface area contributed by atoms with Crippen LogP contribution in [0.3, 0.4) is 0 Å². The number of carbonyl (C=O) groups is 1. The van der Waals surface area contributed by atoms with Crippen molar-refractivity contribution in [2.45, 2.75) is 24.3 Å². The molecule has 1 aliphatic heterocycles. The van der Waals surface area contributed by atoms with Gasteiger partial charge < -0.3 is 26.0 Å². The van der Waals surface area contributed by atoms with Crippen LogP contribution in [-0.4, -0.2) is 58.7 Å². The molecular weight excluding hydrogens is 308 g/mol. The molecule has 1 amide bonds. The molecule has 7 heteroatoms. The van der Waals surface area contributed by atoms with Gasteiger partial charge in [-0.2, -0.15) is 0 Å². The van der Waals surface area contributed by atoms with Gasteiger partial charge in [0.05, 0.1) is 30.9 Å². The molecule has 0 aromatic heterocycles. The predicted octanol–water partition coefficient (Wildman–Crippen LogP) is -0.476. The van der Waals surface area contributed by atoms with Crippen LogP contribution in [-0.2, 0) is 4.79 Å². The van der Waals surface area contributed by atoms with Crippen LogP contribution < -0.4 is 10.6 Å². The van der Waals surface area contributed by atoms with E-state index in [1.807, 2.05) is 6.07 Å². The Bertz CT molecular complexity index is 552. The molecule has 0 radical (unpaired) electrons. The Hall–Kier alpha value is -1.44. The number of halogens is 1. The Kier molecular flexibility index (Phi) is 5.93. The maximum absolute atomic E-state index is 11.7. The van der Waals surface area contributed by atoms with Crippen LogP contribution >= 0.6 is 11.6 Å². The smallest absolute Gasteiger partial charge is 0.244 e. The van der Waals surface area contributed by atoms with Gasteiger partial charge in [0.1, 0.15) is 0 Å². The van der Waals surface area contributed by atoms with Crippen molar-refractivity contribution < 1.29 is 20.1 Å². The molecule has 0 aliphatic carbocycles. The molecule has 0 unspecified atom stereocenters. The number of hydrogen-bond acceptors (Lipinski definition) is 5. The first kappa shape index (κ1) is 16.9. The first-order valence-corrected chi connectivity index (χ1v) is 7.33. The Morgan fingerprint density at radius 3 is 2.68 bits per heavy atom. The van der Waals surface area contributed by atoms with Gasteiger partial charge >= 0.3 is 0 Å². The molecule has 1 heterocycles. The van der Waals surface area contributed by atoms with Gasteiger partial charge in [0.15, 0.2) is 0 Å². The zero-order chi connectivity index (χ0) is 16.1. The first-order chi connectivity index (χ1) is 10.5. The van der Waals surface area contributed by atoms with Crippen molar-refractivity contribution in [3.05, 3.63) is 40.9 Å². The molecule has 1 aromatic carbocycles. The minimum Gasteiger partial charge on any atom is -0.395 e. The highest BCUT2D eigenvalue weighted by Gasteiger charge is 2.40. The normalized spacial score (nSPS) is 28.2. The molecule has 1 saturated heterocycles. The average molecular weight is 327 g/mol. The molecule has 0 saturated carbocycles. The van der Waals surface area contributed by atoms with Crippen molar-refractivity contribution >= 4 is 23.6 Å². The highest BCUT2D eigenvalue weighted by Crippen LogP contribution is 2.14. The van der Waals surface area contributed by atoms with Crippen molar-refractivity contribution in [3.63, 3.8) is 0 Å². The lowest BCUT2D eigenvalue weighted by Crippen LogP contribution is -2.43. The van der Waals surface area contributed by atoms with Gasteiger partial charge in [-0.25, -0.2) is 0 Å². The number of hydrogen-bond donors (Lipinski definition) is 5. The number of aliphatic hydroxyl groups excluding tert-OH is 3. The lowest BCUT2D eigenvalue weighted by atomic mass is 10.1. The molecule has 0 spiro atoms. The Morgan fingerprint density at radius 2 is 2.05 bits per heavy atom. The van der Waals surface area contributed by atoms with Gasteiger partial charge in [-0.3, -0.25) is 4.79 Å². The first-order valence-electron chi connectivity index (χ1n) is 6.96. The van der Waals surface area contributed by atoms with Crippen LogP contribution in [0.1, 0.15) is 5.56 Å². The molecule has 4 atom stereocenters. The van der Waals surface area contributed by atoms with E-state index in [-0.39, 0.29) is 19.1 Å². The molecule has 1 aliphatic rings. The van der Waals surface area contributed by atoms with Crippen LogP contribution in [0, 0.1) is 0 Å².